The number of aromatic nitrogens is 1. The number of carbonyl (C=O) groups excluding carboxylic acids is 7. The van der Waals surface area contributed by atoms with E-state index in [9.17, 15) is 43.7 Å². The lowest BCUT2D eigenvalue weighted by molar-refractivity contribution is -0.384. The quantitative estimate of drug-likeness (QED) is 0.0826. The first-order valence-electron chi connectivity index (χ1n) is 16.3. The third-order valence-corrected chi connectivity index (χ3v) is 7.49. The molecule has 0 aliphatic rings. The average molecular weight is 728 g/mol. The van der Waals surface area contributed by atoms with Gasteiger partial charge in [0.15, 0.2) is 0 Å². The van der Waals surface area contributed by atoms with Crippen LogP contribution in [0.1, 0.15) is 54.4 Å². The average Bonchev–Trinajstić information content (AvgIpc) is 3.07. The molecule has 0 bridgehead atoms. The van der Waals surface area contributed by atoms with E-state index in [0.717, 1.165) is 0 Å². The molecule has 2 aromatic rings. The summed E-state index contributed by atoms with van der Waals surface area (Å²) in [5, 5.41) is 25.9. The summed E-state index contributed by atoms with van der Waals surface area (Å²) in [6.07, 6.45) is 1.31. The molecule has 0 aliphatic carbocycles. The van der Waals surface area contributed by atoms with Crippen LogP contribution in [-0.2, 0) is 28.8 Å². The molecule has 0 radical (unpaired) electrons. The Balaban J connectivity index is 2.04. The Kier molecular flexibility index (Phi) is 16.1. The fraction of sp³-hybridized carbons (Fsp3) is 0.455. The molecule has 0 saturated carbocycles. The number of amides is 7. The lowest BCUT2D eigenvalue weighted by Gasteiger charge is -2.29. The number of hydrogen-bond donors (Lipinski definition) is 7. The van der Waals surface area contributed by atoms with Crippen molar-refractivity contribution in [2.24, 2.45) is 17.6 Å². The summed E-state index contributed by atoms with van der Waals surface area (Å²) >= 11 is 0. The fourth-order valence-electron chi connectivity index (χ4n) is 4.50. The van der Waals surface area contributed by atoms with Crippen molar-refractivity contribution >= 4 is 52.9 Å². The van der Waals surface area contributed by atoms with Gasteiger partial charge in [0.05, 0.1) is 4.92 Å². The van der Waals surface area contributed by atoms with Gasteiger partial charge in [0.2, 0.25) is 35.4 Å². The summed E-state index contributed by atoms with van der Waals surface area (Å²) < 4.78 is 5.15. The SMILES string of the molecule is CC(C)[C@H](NC(=O)[C@H](CCC(N)=O)NC(=O)Oc1ccncc1)C(=O)N[C@@H](C(=O)N[C@@H](C)C(=O)N[C@@H](C)C(=O)Nc1ccc([N+](=O)[O-])cc1)C(C)C. The van der Waals surface area contributed by atoms with Crippen molar-refractivity contribution < 1.29 is 43.2 Å². The summed E-state index contributed by atoms with van der Waals surface area (Å²) in [4.78, 5) is 104. The second kappa shape index (κ2) is 19.9. The van der Waals surface area contributed by atoms with Crippen LogP contribution in [0.3, 0.4) is 0 Å². The maximum atomic E-state index is 13.5. The van der Waals surface area contributed by atoms with Gasteiger partial charge >= 0.3 is 6.09 Å². The molecule has 7 amide bonds. The van der Waals surface area contributed by atoms with Crippen LogP contribution < -0.4 is 42.4 Å². The summed E-state index contributed by atoms with van der Waals surface area (Å²) in [7, 11) is 0. The minimum atomic E-state index is -1.32. The fourth-order valence-corrected chi connectivity index (χ4v) is 4.50. The van der Waals surface area contributed by atoms with E-state index in [1.165, 1.54) is 62.6 Å². The van der Waals surface area contributed by atoms with Gasteiger partial charge in [0.1, 0.15) is 36.0 Å². The number of anilines is 1. The number of ether oxygens (including phenoxy) is 1. The zero-order valence-corrected chi connectivity index (χ0v) is 29.6. The van der Waals surface area contributed by atoms with Gasteiger partial charge in [0.25, 0.3) is 5.69 Å². The molecule has 282 valence electrons. The summed E-state index contributed by atoms with van der Waals surface area (Å²) in [5.41, 5.74) is 5.36. The highest BCUT2D eigenvalue weighted by Crippen LogP contribution is 2.16. The standard InChI is InChI=1S/C33H45N9O10/c1-17(2)26(31(47)37-19(5)28(44)36-20(6)29(45)38-21-7-9-22(10-8-21)42(50)51)41-32(48)27(18(3)4)40-30(46)24(11-12-25(34)43)39-33(49)52-23-13-15-35-16-14-23/h7-10,13-20,24,26-27H,11-12H2,1-6H3,(H2,34,43)(H,36,44)(H,37,47)(H,38,45)(H,39,49)(H,40,46)(H,41,48)/t19-,20-,24-,26+,27-/m0/s1. The van der Waals surface area contributed by atoms with Crippen molar-refractivity contribution in [2.75, 3.05) is 5.32 Å². The first-order valence-corrected chi connectivity index (χ1v) is 16.3. The predicted octanol–water partition coefficient (Wildman–Crippen LogP) is 0.642. The van der Waals surface area contributed by atoms with Crippen LogP contribution in [0.5, 0.6) is 5.75 Å². The highest BCUT2D eigenvalue weighted by Gasteiger charge is 2.34. The summed E-state index contributed by atoms with van der Waals surface area (Å²) in [5.74, 6) is -5.18. The van der Waals surface area contributed by atoms with E-state index < -0.39 is 88.5 Å². The molecule has 8 N–H and O–H groups in total. The van der Waals surface area contributed by atoms with E-state index in [4.69, 9.17) is 10.5 Å². The molecule has 1 aromatic carbocycles. The minimum Gasteiger partial charge on any atom is -0.410 e. The number of hydrogen-bond acceptors (Lipinski definition) is 11. The molecule has 0 spiro atoms. The molecule has 0 aliphatic heterocycles. The lowest BCUT2D eigenvalue weighted by atomic mass is 9.99. The van der Waals surface area contributed by atoms with Gasteiger partial charge in [-0.2, -0.15) is 0 Å². The smallest absolute Gasteiger partial charge is 0.410 e. The van der Waals surface area contributed by atoms with E-state index in [1.54, 1.807) is 27.7 Å². The van der Waals surface area contributed by atoms with E-state index in [1.807, 2.05) is 0 Å². The first kappa shape index (κ1) is 42.0. The zero-order valence-electron chi connectivity index (χ0n) is 29.6. The third kappa shape index (κ3) is 13.6. The van der Waals surface area contributed by atoms with Crippen LogP contribution in [-0.4, -0.2) is 81.7 Å². The molecule has 1 heterocycles. The largest absolute Gasteiger partial charge is 0.413 e. The van der Waals surface area contributed by atoms with E-state index in [0.29, 0.717) is 0 Å². The molecule has 19 nitrogen and oxygen atoms in total. The zero-order chi connectivity index (χ0) is 39.1. The number of nitro benzene ring substituents is 1. The van der Waals surface area contributed by atoms with Crippen molar-refractivity contribution in [3.63, 3.8) is 0 Å². The first-order chi connectivity index (χ1) is 24.4. The molecule has 0 saturated heterocycles. The highest BCUT2D eigenvalue weighted by atomic mass is 16.6. The van der Waals surface area contributed by atoms with Crippen molar-refractivity contribution in [2.45, 2.75) is 84.6 Å². The van der Waals surface area contributed by atoms with Gasteiger partial charge in [-0.1, -0.05) is 27.7 Å². The molecular weight excluding hydrogens is 682 g/mol. The van der Waals surface area contributed by atoms with Crippen LogP contribution in [0.15, 0.2) is 48.8 Å². The second-order valence-corrected chi connectivity index (χ2v) is 12.5. The van der Waals surface area contributed by atoms with E-state index >= 15 is 0 Å². The van der Waals surface area contributed by atoms with Gasteiger partial charge < -0.3 is 42.4 Å². The number of nitrogens with two attached hydrogens (primary N) is 1. The van der Waals surface area contributed by atoms with Crippen LogP contribution >= 0.6 is 0 Å². The number of non-ortho nitro benzene ring substituents is 1. The number of pyridine rings is 1. The minimum absolute atomic E-state index is 0.144. The van der Waals surface area contributed by atoms with Crippen LogP contribution in [0.2, 0.25) is 0 Å². The molecule has 19 heteroatoms. The summed E-state index contributed by atoms with van der Waals surface area (Å²) in [6, 6.07) is 2.03. The molecule has 2 rings (SSSR count). The topological polar surface area (TPSA) is 283 Å². The van der Waals surface area contributed by atoms with Gasteiger partial charge in [0, 0.05) is 36.6 Å². The normalized spacial score (nSPS) is 13.7. The van der Waals surface area contributed by atoms with Crippen LogP contribution in [0.25, 0.3) is 0 Å². The Morgan fingerprint density at radius 1 is 0.712 bits per heavy atom. The number of carbonyl (C=O) groups is 7. The van der Waals surface area contributed by atoms with Crippen LogP contribution in [0, 0.1) is 22.0 Å². The molecule has 0 unspecified atom stereocenters. The Bertz CT molecular complexity index is 1600. The number of nitro groups is 1. The van der Waals surface area contributed by atoms with Crippen molar-refractivity contribution in [3.8, 4) is 5.75 Å². The van der Waals surface area contributed by atoms with Gasteiger partial charge in [-0.15, -0.1) is 0 Å². The number of nitrogens with one attached hydrogen (secondary N) is 6. The Labute approximate surface area is 299 Å². The molecule has 5 atom stereocenters. The Morgan fingerprint density at radius 3 is 1.73 bits per heavy atom. The van der Waals surface area contributed by atoms with E-state index in [-0.39, 0.29) is 30.0 Å². The third-order valence-electron chi connectivity index (χ3n) is 7.49. The predicted molar refractivity (Wildman–Crippen MR) is 186 cm³/mol. The molecule has 0 fully saturated rings. The van der Waals surface area contributed by atoms with E-state index in [2.05, 4.69) is 36.9 Å². The number of rotatable bonds is 18. The maximum absolute atomic E-state index is 13.5. The van der Waals surface area contributed by atoms with Gasteiger partial charge in [-0.05, 0) is 56.4 Å². The summed E-state index contributed by atoms with van der Waals surface area (Å²) in [6.45, 7) is 9.38. The number of benzene rings is 1. The maximum Gasteiger partial charge on any atom is 0.413 e. The monoisotopic (exact) mass is 727 g/mol. The van der Waals surface area contributed by atoms with Crippen LogP contribution in [0.4, 0.5) is 16.2 Å². The number of primary amides is 1. The highest BCUT2D eigenvalue weighted by molar-refractivity contribution is 5.99. The number of nitrogens with zero attached hydrogens (tertiary/aromatic N) is 2. The van der Waals surface area contributed by atoms with Crippen molar-refractivity contribution in [3.05, 3.63) is 58.9 Å². The van der Waals surface area contributed by atoms with Crippen molar-refractivity contribution in [1.82, 2.24) is 31.6 Å². The van der Waals surface area contributed by atoms with Crippen molar-refractivity contribution in [1.29, 1.82) is 0 Å². The van der Waals surface area contributed by atoms with Gasteiger partial charge in [-0.25, -0.2) is 4.79 Å². The molecule has 52 heavy (non-hydrogen) atoms. The lowest BCUT2D eigenvalue weighted by Crippen LogP contribution is -2.60. The Hall–Kier alpha value is -6.14. The Morgan fingerprint density at radius 2 is 1.21 bits per heavy atom. The molecule has 1 aromatic heterocycles. The molecular formula is C33H45N9O10. The second-order valence-electron chi connectivity index (χ2n) is 12.5. The van der Waals surface area contributed by atoms with Gasteiger partial charge in [-0.3, -0.25) is 43.9 Å².